The molecular formula is C16H22N4O2. The highest BCUT2D eigenvalue weighted by atomic mass is 16.3. The van der Waals surface area contributed by atoms with Crippen LogP contribution in [-0.4, -0.2) is 65.9 Å². The second-order valence-electron chi connectivity index (χ2n) is 6.25. The minimum Gasteiger partial charge on any atom is -0.472 e. The maximum absolute atomic E-state index is 12.8. The Hall–Kier alpha value is -1.84. The number of likely N-dealkylation sites (N-methyl/N-ethyl adjacent to an activating group) is 1. The van der Waals surface area contributed by atoms with Crippen molar-refractivity contribution in [1.82, 2.24) is 14.7 Å². The van der Waals surface area contributed by atoms with Crippen molar-refractivity contribution in [1.29, 1.82) is 5.26 Å². The first-order valence-corrected chi connectivity index (χ1v) is 7.77. The van der Waals surface area contributed by atoms with Gasteiger partial charge in [0.15, 0.2) is 0 Å². The molecule has 2 aliphatic rings. The van der Waals surface area contributed by atoms with Gasteiger partial charge in [0.25, 0.3) is 0 Å². The molecule has 118 valence electrons. The van der Waals surface area contributed by atoms with Crippen LogP contribution in [0, 0.1) is 11.3 Å². The van der Waals surface area contributed by atoms with Crippen molar-refractivity contribution >= 4 is 5.91 Å². The van der Waals surface area contributed by atoms with E-state index in [0.717, 1.165) is 39.0 Å². The molecule has 0 aliphatic carbocycles. The molecule has 2 fully saturated rings. The molecule has 0 bridgehead atoms. The summed E-state index contributed by atoms with van der Waals surface area (Å²) in [5.74, 6) is 0.130. The molecule has 0 atom stereocenters. The number of piperidine rings is 1. The molecule has 6 heteroatoms. The lowest BCUT2D eigenvalue weighted by Crippen LogP contribution is -2.67. The summed E-state index contributed by atoms with van der Waals surface area (Å²) in [6, 6.07) is 4.09. The lowest BCUT2D eigenvalue weighted by atomic mass is 9.82. The standard InChI is InChI=1S/C16H22N4O2/c1-18-9-10-20(8-5-17)15(21)16(18)3-6-19(7-4-16)12-14-2-11-22-13-14/h2,11,13H,3-4,6-10,12H2,1H3. The van der Waals surface area contributed by atoms with E-state index in [9.17, 15) is 4.79 Å². The average Bonchev–Trinajstić information content (AvgIpc) is 3.03. The van der Waals surface area contributed by atoms with E-state index in [1.165, 1.54) is 5.56 Å². The van der Waals surface area contributed by atoms with E-state index >= 15 is 0 Å². The number of nitriles is 1. The molecule has 1 aromatic heterocycles. The van der Waals surface area contributed by atoms with Gasteiger partial charge >= 0.3 is 0 Å². The highest BCUT2D eigenvalue weighted by Gasteiger charge is 2.49. The Bertz CT molecular complexity index is 555. The van der Waals surface area contributed by atoms with Crippen LogP contribution >= 0.6 is 0 Å². The van der Waals surface area contributed by atoms with Crippen molar-refractivity contribution in [2.75, 3.05) is 39.8 Å². The van der Waals surface area contributed by atoms with E-state index in [2.05, 4.69) is 15.9 Å². The molecule has 1 aromatic rings. The number of furan rings is 1. The van der Waals surface area contributed by atoms with Gasteiger partial charge in [-0.3, -0.25) is 14.6 Å². The van der Waals surface area contributed by atoms with Crippen molar-refractivity contribution in [3.05, 3.63) is 24.2 Å². The van der Waals surface area contributed by atoms with Gasteiger partial charge in [-0.1, -0.05) is 0 Å². The van der Waals surface area contributed by atoms with Crippen LogP contribution in [0.1, 0.15) is 18.4 Å². The molecule has 22 heavy (non-hydrogen) atoms. The summed E-state index contributed by atoms with van der Waals surface area (Å²) >= 11 is 0. The Balaban J connectivity index is 1.66. The first kappa shape index (κ1) is 15.1. The van der Waals surface area contributed by atoms with Gasteiger partial charge in [-0.2, -0.15) is 5.26 Å². The largest absolute Gasteiger partial charge is 0.472 e. The first-order valence-electron chi connectivity index (χ1n) is 7.77. The summed E-state index contributed by atoms with van der Waals surface area (Å²) in [4.78, 5) is 19.1. The normalized spacial score (nSPS) is 22.9. The van der Waals surface area contributed by atoms with Gasteiger partial charge in [-0.05, 0) is 26.0 Å². The maximum atomic E-state index is 12.8. The number of likely N-dealkylation sites (tertiary alicyclic amines) is 1. The summed E-state index contributed by atoms with van der Waals surface area (Å²) < 4.78 is 5.11. The summed E-state index contributed by atoms with van der Waals surface area (Å²) in [7, 11) is 2.04. The topological polar surface area (TPSA) is 63.7 Å². The maximum Gasteiger partial charge on any atom is 0.244 e. The van der Waals surface area contributed by atoms with Gasteiger partial charge in [0.2, 0.25) is 5.91 Å². The van der Waals surface area contributed by atoms with E-state index in [1.54, 1.807) is 17.4 Å². The number of carbonyl (C=O) groups excluding carboxylic acids is 1. The van der Waals surface area contributed by atoms with Crippen LogP contribution in [0.15, 0.2) is 23.0 Å². The average molecular weight is 302 g/mol. The summed E-state index contributed by atoms with van der Waals surface area (Å²) in [5.41, 5.74) is 0.757. The zero-order valence-corrected chi connectivity index (χ0v) is 13.0. The van der Waals surface area contributed by atoms with Crippen LogP contribution in [0.2, 0.25) is 0 Å². The fourth-order valence-corrected chi connectivity index (χ4v) is 3.60. The van der Waals surface area contributed by atoms with E-state index in [1.807, 2.05) is 13.1 Å². The molecule has 1 spiro atoms. The SMILES string of the molecule is CN1CCN(CC#N)C(=O)C12CCN(Cc1ccoc1)CC2. The van der Waals surface area contributed by atoms with E-state index in [4.69, 9.17) is 9.68 Å². The number of amides is 1. The minimum atomic E-state index is -0.415. The Labute approximate surface area is 130 Å². The smallest absolute Gasteiger partial charge is 0.244 e. The molecule has 3 heterocycles. The second-order valence-corrected chi connectivity index (χ2v) is 6.25. The number of rotatable bonds is 3. The summed E-state index contributed by atoms with van der Waals surface area (Å²) in [5, 5.41) is 8.90. The van der Waals surface area contributed by atoms with Crippen LogP contribution in [-0.2, 0) is 11.3 Å². The highest BCUT2D eigenvalue weighted by Crippen LogP contribution is 2.33. The van der Waals surface area contributed by atoms with E-state index in [0.29, 0.717) is 6.54 Å². The lowest BCUT2D eigenvalue weighted by Gasteiger charge is -2.51. The zero-order valence-electron chi connectivity index (χ0n) is 13.0. The van der Waals surface area contributed by atoms with Gasteiger partial charge in [0, 0.05) is 38.3 Å². The molecule has 0 radical (unpaired) electrons. The summed E-state index contributed by atoms with van der Waals surface area (Å²) in [6.07, 6.45) is 5.11. The number of hydrogen-bond acceptors (Lipinski definition) is 5. The van der Waals surface area contributed by atoms with Crippen molar-refractivity contribution in [3.8, 4) is 6.07 Å². The fourth-order valence-electron chi connectivity index (χ4n) is 3.60. The monoisotopic (exact) mass is 302 g/mol. The Morgan fingerprint density at radius 1 is 1.32 bits per heavy atom. The lowest BCUT2D eigenvalue weighted by molar-refractivity contribution is -0.153. The van der Waals surface area contributed by atoms with Crippen molar-refractivity contribution in [2.45, 2.75) is 24.9 Å². The van der Waals surface area contributed by atoms with Gasteiger partial charge < -0.3 is 9.32 Å². The Kier molecular flexibility index (Phi) is 4.19. The number of carbonyl (C=O) groups is 1. The third-order valence-electron chi connectivity index (χ3n) is 5.05. The molecule has 6 nitrogen and oxygen atoms in total. The minimum absolute atomic E-state index is 0.130. The predicted octanol–water partition coefficient (Wildman–Crippen LogP) is 0.912. The van der Waals surface area contributed by atoms with Gasteiger partial charge in [0.1, 0.15) is 12.1 Å². The Morgan fingerprint density at radius 2 is 2.09 bits per heavy atom. The van der Waals surface area contributed by atoms with Crippen LogP contribution < -0.4 is 0 Å². The molecule has 3 rings (SSSR count). The van der Waals surface area contributed by atoms with Gasteiger partial charge in [-0.25, -0.2) is 0 Å². The van der Waals surface area contributed by atoms with Gasteiger partial charge in [0.05, 0.1) is 18.6 Å². The molecule has 0 saturated carbocycles. The van der Waals surface area contributed by atoms with Crippen molar-refractivity contribution in [2.24, 2.45) is 0 Å². The van der Waals surface area contributed by atoms with Crippen LogP contribution in [0.4, 0.5) is 0 Å². The Morgan fingerprint density at radius 3 is 2.73 bits per heavy atom. The zero-order chi connectivity index (χ0) is 15.6. The van der Waals surface area contributed by atoms with E-state index < -0.39 is 5.54 Å². The molecule has 0 N–H and O–H groups in total. The molecular weight excluding hydrogens is 280 g/mol. The van der Waals surface area contributed by atoms with Gasteiger partial charge in [-0.15, -0.1) is 0 Å². The quantitative estimate of drug-likeness (QED) is 0.777. The molecule has 0 aromatic carbocycles. The van der Waals surface area contributed by atoms with Crippen LogP contribution in [0.3, 0.4) is 0 Å². The third-order valence-corrected chi connectivity index (χ3v) is 5.05. The summed E-state index contributed by atoms with van der Waals surface area (Å²) in [6.45, 7) is 4.35. The van der Waals surface area contributed by atoms with Crippen molar-refractivity contribution < 1.29 is 9.21 Å². The number of nitrogens with zero attached hydrogens (tertiary/aromatic N) is 4. The predicted molar refractivity (Wildman–Crippen MR) is 80.8 cm³/mol. The molecule has 1 amide bonds. The fraction of sp³-hybridized carbons (Fsp3) is 0.625. The molecule has 2 aliphatic heterocycles. The third kappa shape index (κ3) is 2.62. The number of hydrogen-bond donors (Lipinski definition) is 0. The van der Waals surface area contributed by atoms with Crippen LogP contribution in [0.5, 0.6) is 0 Å². The van der Waals surface area contributed by atoms with E-state index in [-0.39, 0.29) is 12.5 Å². The van der Waals surface area contributed by atoms with Crippen LogP contribution in [0.25, 0.3) is 0 Å². The molecule has 2 saturated heterocycles. The molecule has 0 unspecified atom stereocenters. The number of piperazine rings is 1. The highest BCUT2D eigenvalue weighted by molar-refractivity contribution is 5.87. The van der Waals surface area contributed by atoms with Crippen molar-refractivity contribution in [3.63, 3.8) is 0 Å². The first-order chi connectivity index (χ1) is 10.7. The second kappa shape index (κ2) is 6.11.